The third-order valence-electron chi connectivity index (χ3n) is 5.79. The van der Waals surface area contributed by atoms with E-state index in [4.69, 9.17) is 14.0 Å². The summed E-state index contributed by atoms with van der Waals surface area (Å²) >= 11 is 0. The summed E-state index contributed by atoms with van der Waals surface area (Å²) in [6.45, 7) is 6.43. The van der Waals surface area contributed by atoms with Crippen molar-refractivity contribution in [2.75, 3.05) is 25.1 Å². The number of rotatable bonds is 10. The molecule has 1 aliphatic heterocycles. The molecule has 2 N–H and O–H groups in total. The zero-order chi connectivity index (χ0) is 31.4. The Bertz CT molecular complexity index is 1600. The fraction of sp³-hybridized carbons (Fsp3) is 0.370. The quantitative estimate of drug-likeness (QED) is 0.250. The summed E-state index contributed by atoms with van der Waals surface area (Å²) in [7, 11) is -4.44. The summed E-state index contributed by atoms with van der Waals surface area (Å²) in [4.78, 5) is 40.5. The number of cyclic esters (lactones) is 1. The van der Waals surface area contributed by atoms with E-state index in [9.17, 15) is 22.8 Å². The van der Waals surface area contributed by atoms with Crippen molar-refractivity contribution >= 4 is 34.1 Å². The van der Waals surface area contributed by atoms with Crippen LogP contribution in [0.2, 0.25) is 0 Å². The van der Waals surface area contributed by atoms with Gasteiger partial charge in [0.05, 0.1) is 18.7 Å². The fourth-order valence-electron chi connectivity index (χ4n) is 3.93. The number of halogens is 1. The molecule has 230 valence electrons. The van der Waals surface area contributed by atoms with Crippen LogP contribution in [0.15, 0.2) is 47.0 Å². The van der Waals surface area contributed by atoms with Crippen molar-refractivity contribution in [3.8, 4) is 22.8 Å². The first-order chi connectivity index (χ1) is 20.3. The van der Waals surface area contributed by atoms with Crippen molar-refractivity contribution in [1.82, 2.24) is 19.2 Å². The summed E-state index contributed by atoms with van der Waals surface area (Å²) < 4.78 is 63.3. The van der Waals surface area contributed by atoms with Gasteiger partial charge in [0.15, 0.2) is 0 Å². The van der Waals surface area contributed by atoms with Gasteiger partial charge in [-0.15, -0.1) is 0 Å². The van der Waals surface area contributed by atoms with E-state index in [1.807, 2.05) is 0 Å². The van der Waals surface area contributed by atoms with Crippen LogP contribution in [0.1, 0.15) is 33.3 Å². The Morgan fingerprint density at radius 3 is 2.49 bits per heavy atom. The topological polar surface area (TPSA) is 179 Å². The highest BCUT2D eigenvalue weighted by Crippen LogP contribution is 2.26. The molecular formula is C27H30FN5O9S. The Morgan fingerprint density at radius 1 is 1.16 bits per heavy atom. The number of anilines is 1. The molecule has 1 fully saturated rings. The van der Waals surface area contributed by atoms with E-state index < -0.39 is 45.8 Å². The number of aromatic nitrogens is 2. The van der Waals surface area contributed by atoms with E-state index in [2.05, 4.69) is 24.9 Å². The highest BCUT2D eigenvalue weighted by Gasteiger charge is 2.37. The fourth-order valence-corrected chi connectivity index (χ4v) is 5.16. The van der Waals surface area contributed by atoms with Crippen LogP contribution in [-0.4, -0.2) is 72.4 Å². The van der Waals surface area contributed by atoms with Crippen LogP contribution in [0.25, 0.3) is 22.8 Å². The van der Waals surface area contributed by atoms with Gasteiger partial charge in [-0.2, -0.15) is 22.4 Å². The van der Waals surface area contributed by atoms with Gasteiger partial charge in [0.25, 0.3) is 5.89 Å². The molecule has 16 heteroatoms. The van der Waals surface area contributed by atoms with Crippen molar-refractivity contribution in [1.29, 1.82) is 0 Å². The van der Waals surface area contributed by atoms with Crippen molar-refractivity contribution < 1.29 is 45.9 Å². The number of hydrogen-bond acceptors (Lipinski definition) is 11. The molecular weight excluding hydrogens is 589 g/mol. The molecule has 4 rings (SSSR count). The van der Waals surface area contributed by atoms with Crippen LogP contribution < -0.4 is 10.0 Å². The summed E-state index contributed by atoms with van der Waals surface area (Å²) in [5.74, 6) is -1.61. The molecule has 1 atom stereocenters. The lowest BCUT2D eigenvalue weighted by atomic mass is 10.0. The van der Waals surface area contributed by atoms with Crippen LogP contribution in [0.5, 0.6) is 0 Å². The van der Waals surface area contributed by atoms with E-state index in [-0.39, 0.29) is 49.0 Å². The summed E-state index contributed by atoms with van der Waals surface area (Å²) in [6.07, 6.45) is -1.96. The average Bonchev–Trinajstić information content (AvgIpc) is 3.58. The average molecular weight is 620 g/mol. The minimum atomic E-state index is -4.44. The van der Waals surface area contributed by atoms with Crippen molar-refractivity contribution in [2.24, 2.45) is 0 Å². The molecule has 3 aromatic rings. The summed E-state index contributed by atoms with van der Waals surface area (Å²) in [5.41, 5.74) is 0.584. The highest BCUT2D eigenvalue weighted by molar-refractivity contribution is 7.87. The molecule has 1 unspecified atom stereocenters. The Labute approximate surface area is 246 Å². The largest absolute Gasteiger partial charge is 0.465 e. The van der Waals surface area contributed by atoms with Crippen LogP contribution in [0.4, 0.5) is 19.7 Å². The first-order valence-corrected chi connectivity index (χ1v) is 14.6. The normalized spacial score (nSPS) is 14.3. The summed E-state index contributed by atoms with van der Waals surface area (Å²) in [6, 6.07) is 8.96. The minimum Gasteiger partial charge on any atom is -0.465 e. The summed E-state index contributed by atoms with van der Waals surface area (Å²) in [5, 5.41) is 6.46. The van der Waals surface area contributed by atoms with Gasteiger partial charge in [0, 0.05) is 11.3 Å². The zero-order valence-electron chi connectivity index (χ0n) is 23.7. The molecule has 0 saturated carbocycles. The Kier molecular flexibility index (Phi) is 9.30. The molecule has 1 aliphatic rings. The van der Waals surface area contributed by atoms with Crippen molar-refractivity contribution in [3.63, 3.8) is 0 Å². The van der Waals surface area contributed by atoms with E-state index in [1.165, 1.54) is 12.1 Å². The smallest absolute Gasteiger partial charge is 0.424 e. The second-order valence-electron chi connectivity index (χ2n) is 10.3. The van der Waals surface area contributed by atoms with E-state index in [0.717, 1.165) is 6.07 Å². The predicted octanol–water partition coefficient (Wildman–Crippen LogP) is 3.65. The molecule has 43 heavy (non-hydrogen) atoms. The third-order valence-corrected chi connectivity index (χ3v) is 7.29. The first kappa shape index (κ1) is 31.4. The number of benzene rings is 2. The third kappa shape index (κ3) is 8.04. The number of esters is 1. The lowest BCUT2D eigenvalue weighted by Crippen LogP contribution is -2.50. The zero-order valence-corrected chi connectivity index (χ0v) is 24.6. The maximum Gasteiger partial charge on any atom is 0.424 e. The second-order valence-corrected chi connectivity index (χ2v) is 11.9. The number of carbonyl (C=O) groups excluding carboxylic acids is 3. The van der Waals surface area contributed by atoms with Gasteiger partial charge in [0.2, 0.25) is 5.82 Å². The number of amides is 2. The number of nitrogens with zero attached hydrogens (tertiary/aromatic N) is 3. The van der Waals surface area contributed by atoms with E-state index in [1.54, 1.807) is 52.0 Å². The SMILES string of the molecule is CCOC(=O)C(Cc1ccc(-c2noc(-c3ccc(NC(=O)OC(C)(C)C)cc3)n2)c(F)c1)NS(=O)(=O)N1CCOC1=O. The van der Waals surface area contributed by atoms with E-state index >= 15 is 4.39 Å². The Morgan fingerprint density at radius 2 is 1.88 bits per heavy atom. The molecule has 2 amide bonds. The van der Waals surface area contributed by atoms with Gasteiger partial charge >= 0.3 is 28.4 Å². The van der Waals surface area contributed by atoms with Crippen LogP contribution in [-0.2, 0) is 35.6 Å². The van der Waals surface area contributed by atoms with Crippen molar-refractivity contribution in [2.45, 2.75) is 45.8 Å². The molecule has 0 aliphatic carbocycles. The van der Waals surface area contributed by atoms with Gasteiger partial charge < -0.3 is 18.7 Å². The molecule has 2 aromatic carbocycles. The van der Waals surface area contributed by atoms with Gasteiger partial charge in [-0.25, -0.2) is 14.0 Å². The number of nitrogens with one attached hydrogen (secondary N) is 2. The Balaban J connectivity index is 1.47. The first-order valence-electron chi connectivity index (χ1n) is 13.1. The molecule has 14 nitrogen and oxygen atoms in total. The minimum absolute atomic E-state index is 0.00459. The molecule has 0 spiro atoms. The predicted molar refractivity (Wildman–Crippen MR) is 149 cm³/mol. The highest BCUT2D eigenvalue weighted by atomic mass is 32.2. The van der Waals surface area contributed by atoms with Gasteiger partial charge in [-0.1, -0.05) is 11.2 Å². The van der Waals surface area contributed by atoms with Gasteiger partial charge in [-0.3, -0.25) is 10.1 Å². The monoisotopic (exact) mass is 619 g/mol. The molecule has 0 bridgehead atoms. The molecule has 1 saturated heterocycles. The standard InChI is InChI=1S/C27H30FN5O9S/c1-5-39-24(34)21(32-43(37,38)33-12-13-40-26(33)36)15-16-6-11-19(20(28)14-16)22-30-23(42-31-22)17-7-9-18(10-8-17)29-25(35)41-27(2,3)4/h6-11,14,21,32H,5,12-13,15H2,1-4H3,(H,29,35). The molecule has 0 radical (unpaired) electrons. The number of hydrogen-bond donors (Lipinski definition) is 2. The lowest BCUT2D eigenvalue weighted by molar-refractivity contribution is -0.145. The van der Waals surface area contributed by atoms with E-state index in [0.29, 0.717) is 15.6 Å². The second kappa shape index (κ2) is 12.7. The maximum atomic E-state index is 15.2. The van der Waals surface area contributed by atoms with Crippen LogP contribution in [0.3, 0.4) is 0 Å². The van der Waals surface area contributed by atoms with Gasteiger partial charge in [-0.05, 0) is 76.1 Å². The lowest BCUT2D eigenvalue weighted by Gasteiger charge is -2.20. The number of carbonyl (C=O) groups is 3. The van der Waals surface area contributed by atoms with Crippen molar-refractivity contribution in [3.05, 3.63) is 53.8 Å². The van der Waals surface area contributed by atoms with Crippen LogP contribution >= 0.6 is 0 Å². The molecule has 2 heterocycles. The Hall–Kier alpha value is -4.57. The maximum absolute atomic E-state index is 15.2. The number of ether oxygens (including phenoxy) is 3. The van der Waals surface area contributed by atoms with Crippen LogP contribution in [0, 0.1) is 5.82 Å². The molecule has 1 aromatic heterocycles. The van der Waals surface area contributed by atoms with Gasteiger partial charge in [0.1, 0.15) is 24.1 Å².